The first-order valence-corrected chi connectivity index (χ1v) is 9.48. The summed E-state index contributed by atoms with van der Waals surface area (Å²) in [4.78, 5) is 17.9. The summed E-state index contributed by atoms with van der Waals surface area (Å²) in [5, 5.41) is 5.13. The third-order valence-corrected chi connectivity index (χ3v) is 5.61. The lowest BCUT2D eigenvalue weighted by Crippen LogP contribution is -2.51. The van der Waals surface area contributed by atoms with Gasteiger partial charge in [0.2, 0.25) is 0 Å². The van der Waals surface area contributed by atoms with E-state index in [9.17, 15) is 4.79 Å². The van der Waals surface area contributed by atoms with Crippen LogP contribution in [0.25, 0.3) is 0 Å². The van der Waals surface area contributed by atoms with Gasteiger partial charge in [0.1, 0.15) is 5.75 Å². The van der Waals surface area contributed by atoms with E-state index < -0.39 is 0 Å². The average molecular weight is 359 g/mol. The number of benzene rings is 1. The van der Waals surface area contributed by atoms with Gasteiger partial charge in [-0.2, -0.15) is 0 Å². The molecule has 1 N–H and O–H groups in total. The Morgan fingerprint density at radius 2 is 1.96 bits per heavy atom. The zero-order valence-electron chi connectivity index (χ0n) is 14.8. The molecule has 1 aromatic carbocycles. The molecule has 134 valence electrons. The summed E-state index contributed by atoms with van der Waals surface area (Å²) in [5.41, 5.74) is 1.19. The van der Waals surface area contributed by atoms with E-state index in [1.54, 1.807) is 18.4 Å². The lowest BCUT2D eigenvalue weighted by atomic mass is 10.1. The molecule has 0 spiro atoms. The Morgan fingerprint density at radius 1 is 1.20 bits per heavy atom. The molecule has 0 bridgehead atoms. The quantitative estimate of drug-likeness (QED) is 0.890. The van der Waals surface area contributed by atoms with Gasteiger partial charge in [0.05, 0.1) is 13.2 Å². The highest BCUT2D eigenvalue weighted by Gasteiger charge is 2.23. The molecule has 0 unspecified atom stereocenters. The van der Waals surface area contributed by atoms with Crippen molar-refractivity contribution in [2.45, 2.75) is 19.5 Å². The number of nitrogens with zero attached hydrogens (tertiary/aromatic N) is 2. The molecule has 1 fully saturated rings. The van der Waals surface area contributed by atoms with Crippen LogP contribution in [0.15, 0.2) is 41.8 Å². The van der Waals surface area contributed by atoms with Gasteiger partial charge >= 0.3 is 6.03 Å². The number of rotatable bonds is 5. The van der Waals surface area contributed by atoms with Crippen LogP contribution >= 0.6 is 11.3 Å². The van der Waals surface area contributed by atoms with E-state index in [1.807, 2.05) is 41.5 Å². The Hall–Kier alpha value is -2.05. The second kappa shape index (κ2) is 8.36. The van der Waals surface area contributed by atoms with Crippen molar-refractivity contribution in [3.63, 3.8) is 0 Å². The summed E-state index contributed by atoms with van der Waals surface area (Å²) >= 11 is 1.67. The molecule has 1 aliphatic rings. The molecule has 1 atom stereocenters. The van der Waals surface area contributed by atoms with E-state index in [0.717, 1.165) is 38.5 Å². The number of nitrogens with one attached hydrogen (secondary N) is 1. The average Bonchev–Trinajstić information content (AvgIpc) is 3.17. The number of urea groups is 1. The number of carbonyl (C=O) groups excluding carboxylic acids is 1. The van der Waals surface area contributed by atoms with Gasteiger partial charge in [-0.3, -0.25) is 4.90 Å². The number of methoxy groups -OCH3 is 1. The SMILES string of the molecule is COc1ccccc1CN1CCN(C(=O)N[C@H](C)c2cccs2)CC1. The molecule has 2 heterocycles. The van der Waals surface area contributed by atoms with Crippen molar-refractivity contribution in [3.05, 3.63) is 52.2 Å². The number of amides is 2. The van der Waals surface area contributed by atoms with Crippen molar-refractivity contribution in [2.24, 2.45) is 0 Å². The second-order valence-corrected chi connectivity index (χ2v) is 7.24. The standard InChI is InChI=1S/C19H25N3O2S/c1-15(18-8-5-13-25-18)20-19(23)22-11-9-21(10-12-22)14-16-6-3-4-7-17(16)24-2/h3-8,13,15H,9-12,14H2,1-2H3,(H,20,23)/t15-/m1/s1. The summed E-state index contributed by atoms with van der Waals surface area (Å²) in [7, 11) is 1.70. The summed E-state index contributed by atoms with van der Waals surface area (Å²) in [6, 6.07) is 12.3. The molecular formula is C19H25N3O2S. The summed E-state index contributed by atoms with van der Waals surface area (Å²) in [5.74, 6) is 0.924. The predicted octanol–water partition coefficient (Wildman–Crippen LogP) is 3.35. The Balaban J connectivity index is 1.49. The monoisotopic (exact) mass is 359 g/mol. The summed E-state index contributed by atoms with van der Waals surface area (Å²) in [6.45, 7) is 6.13. The van der Waals surface area contributed by atoms with E-state index in [1.165, 1.54) is 10.4 Å². The predicted molar refractivity (Wildman–Crippen MR) is 101 cm³/mol. The van der Waals surface area contributed by atoms with E-state index in [-0.39, 0.29) is 12.1 Å². The lowest BCUT2D eigenvalue weighted by Gasteiger charge is -2.35. The number of piperazine rings is 1. The van der Waals surface area contributed by atoms with Crippen LogP contribution in [0.1, 0.15) is 23.4 Å². The number of hydrogen-bond donors (Lipinski definition) is 1. The molecule has 1 aromatic heterocycles. The van der Waals surface area contributed by atoms with Gasteiger partial charge < -0.3 is 15.0 Å². The van der Waals surface area contributed by atoms with Crippen molar-refractivity contribution in [3.8, 4) is 5.75 Å². The van der Waals surface area contributed by atoms with Gasteiger partial charge in [-0.05, 0) is 24.4 Å². The normalized spacial score (nSPS) is 16.5. The number of thiophene rings is 1. The fourth-order valence-corrected chi connectivity index (χ4v) is 3.80. The van der Waals surface area contributed by atoms with Gasteiger partial charge in [-0.25, -0.2) is 4.79 Å². The molecule has 0 aliphatic carbocycles. The van der Waals surface area contributed by atoms with Crippen molar-refractivity contribution >= 4 is 17.4 Å². The largest absolute Gasteiger partial charge is 0.496 e. The molecule has 25 heavy (non-hydrogen) atoms. The molecule has 6 heteroatoms. The fraction of sp³-hybridized carbons (Fsp3) is 0.421. The van der Waals surface area contributed by atoms with E-state index in [0.29, 0.717) is 0 Å². The van der Waals surface area contributed by atoms with E-state index in [2.05, 4.69) is 22.3 Å². The highest BCUT2D eigenvalue weighted by atomic mass is 32.1. The van der Waals surface area contributed by atoms with Crippen LogP contribution < -0.4 is 10.1 Å². The maximum Gasteiger partial charge on any atom is 0.317 e. The van der Waals surface area contributed by atoms with Crippen LogP contribution in [0.4, 0.5) is 4.79 Å². The van der Waals surface area contributed by atoms with Gasteiger partial charge in [0.15, 0.2) is 0 Å². The Bertz CT molecular complexity index is 682. The van der Waals surface area contributed by atoms with E-state index >= 15 is 0 Å². The third-order valence-electron chi connectivity index (χ3n) is 4.56. The minimum absolute atomic E-state index is 0.0258. The van der Waals surface area contributed by atoms with Gasteiger partial charge in [-0.15, -0.1) is 11.3 Å². The van der Waals surface area contributed by atoms with Crippen molar-refractivity contribution in [2.75, 3.05) is 33.3 Å². The highest BCUT2D eigenvalue weighted by Crippen LogP contribution is 2.21. The number of para-hydroxylation sites is 1. The van der Waals surface area contributed by atoms with Crippen LogP contribution in [-0.2, 0) is 6.54 Å². The zero-order valence-corrected chi connectivity index (χ0v) is 15.6. The highest BCUT2D eigenvalue weighted by molar-refractivity contribution is 7.10. The molecular weight excluding hydrogens is 334 g/mol. The first-order chi connectivity index (χ1) is 12.2. The molecule has 0 saturated carbocycles. The van der Waals surface area contributed by atoms with Crippen molar-refractivity contribution in [1.29, 1.82) is 0 Å². The van der Waals surface area contributed by atoms with Crippen LogP contribution in [-0.4, -0.2) is 49.1 Å². The number of hydrogen-bond acceptors (Lipinski definition) is 4. The zero-order chi connectivity index (χ0) is 17.6. The Labute approximate surface area is 153 Å². The van der Waals surface area contributed by atoms with Crippen LogP contribution in [0, 0.1) is 0 Å². The van der Waals surface area contributed by atoms with Gasteiger partial charge in [0.25, 0.3) is 0 Å². The number of carbonyl (C=O) groups is 1. The Morgan fingerprint density at radius 3 is 2.64 bits per heavy atom. The topological polar surface area (TPSA) is 44.8 Å². The number of ether oxygens (including phenoxy) is 1. The van der Waals surface area contributed by atoms with Gasteiger partial charge in [-0.1, -0.05) is 24.3 Å². The van der Waals surface area contributed by atoms with Crippen LogP contribution in [0.5, 0.6) is 5.75 Å². The molecule has 0 radical (unpaired) electrons. The third kappa shape index (κ3) is 4.52. The molecule has 1 saturated heterocycles. The maximum atomic E-state index is 12.5. The molecule has 1 aliphatic heterocycles. The smallest absolute Gasteiger partial charge is 0.317 e. The van der Waals surface area contributed by atoms with E-state index in [4.69, 9.17) is 4.74 Å². The van der Waals surface area contributed by atoms with Crippen molar-refractivity contribution in [1.82, 2.24) is 15.1 Å². The molecule has 5 nitrogen and oxygen atoms in total. The fourth-order valence-electron chi connectivity index (χ4n) is 3.07. The molecule has 2 aromatic rings. The maximum absolute atomic E-state index is 12.5. The van der Waals surface area contributed by atoms with Crippen molar-refractivity contribution < 1.29 is 9.53 Å². The first-order valence-electron chi connectivity index (χ1n) is 8.60. The molecule has 2 amide bonds. The molecule has 3 rings (SSSR count). The van der Waals surface area contributed by atoms with Crippen LogP contribution in [0.2, 0.25) is 0 Å². The minimum atomic E-state index is 0.0258. The minimum Gasteiger partial charge on any atom is -0.496 e. The summed E-state index contributed by atoms with van der Waals surface area (Å²) in [6.07, 6.45) is 0. The Kier molecular flexibility index (Phi) is 5.94. The first kappa shape index (κ1) is 17.8. The van der Waals surface area contributed by atoms with Crippen LogP contribution in [0.3, 0.4) is 0 Å². The van der Waals surface area contributed by atoms with Gasteiger partial charge in [0, 0.05) is 43.2 Å². The summed E-state index contributed by atoms with van der Waals surface area (Å²) < 4.78 is 5.43. The lowest BCUT2D eigenvalue weighted by molar-refractivity contribution is 0.133. The second-order valence-electron chi connectivity index (χ2n) is 6.26.